The molecule has 0 aromatic heterocycles. The van der Waals surface area contributed by atoms with Gasteiger partial charge in [-0.15, -0.1) is 0 Å². The van der Waals surface area contributed by atoms with Gasteiger partial charge in [0.2, 0.25) is 0 Å². The van der Waals surface area contributed by atoms with Crippen LogP contribution in [-0.4, -0.2) is 49.9 Å². The summed E-state index contributed by atoms with van der Waals surface area (Å²) in [5.41, 5.74) is 1.01. The summed E-state index contributed by atoms with van der Waals surface area (Å²) in [5, 5.41) is 2.86. The largest absolute Gasteiger partial charge is 0.445 e. The predicted octanol–water partition coefficient (Wildman–Crippen LogP) is 2.41. The molecule has 3 rings (SSSR count). The zero-order valence-corrected chi connectivity index (χ0v) is 13.6. The second-order valence-electron chi connectivity index (χ2n) is 6.45. The van der Waals surface area contributed by atoms with E-state index >= 15 is 0 Å². The maximum atomic E-state index is 11.7. The molecule has 23 heavy (non-hydrogen) atoms. The molecule has 2 heterocycles. The standard InChI is InChI=1S/C18H26N2O3/c21-18(23-12-16-4-2-1-3-5-16)19-9-6-15-7-10-20(11-8-15)17-13-22-14-17/h1-5,15,17H,6-14H2,(H,19,21). The Balaban J connectivity index is 1.25. The second-order valence-corrected chi connectivity index (χ2v) is 6.45. The monoisotopic (exact) mass is 318 g/mol. The minimum atomic E-state index is -0.321. The Labute approximate surface area is 137 Å². The first kappa shape index (κ1) is 16.3. The number of piperidine rings is 1. The van der Waals surface area contributed by atoms with Crippen LogP contribution in [-0.2, 0) is 16.1 Å². The Morgan fingerprint density at radius 2 is 1.96 bits per heavy atom. The number of nitrogens with one attached hydrogen (secondary N) is 1. The summed E-state index contributed by atoms with van der Waals surface area (Å²) >= 11 is 0. The lowest BCUT2D eigenvalue weighted by molar-refractivity contribution is -0.0739. The lowest BCUT2D eigenvalue weighted by Gasteiger charge is -2.41. The van der Waals surface area contributed by atoms with Crippen LogP contribution in [0.15, 0.2) is 30.3 Å². The number of carbonyl (C=O) groups excluding carboxylic acids is 1. The van der Waals surface area contributed by atoms with Crippen LogP contribution in [0, 0.1) is 5.92 Å². The van der Waals surface area contributed by atoms with Crippen LogP contribution in [0.3, 0.4) is 0 Å². The number of alkyl carbamates (subject to hydrolysis) is 1. The molecule has 1 N–H and O–H groups in total. The zero-order valence-electron chi connectivity index (χ0n) is 13.6. The van der Waals surface area contributed by atoms with Gasteiger partial charge in [0.05, 0.1) is 19.3 Å². The molecule has 0 atom stereocenters. The highest BCUT2D eigenvalue weighted by molar-refractivity contribution is 5.67. The second kappa shape index (κ2) is 8.31. The molecule has 5 heteroatoms. The summed E-state index contributed by atoms with van der Waals surface area (Å²) in [5.74, 6) is 0.710. The van der Waals surface area contributed by atoms with Gasteiger partial charge >= 0.3 is 6.09 Å². The Morgan fingerprint density at radius 1 is 1.22 bits per heavy atom. The molecule has 0 spiro atoms. The Morgan fingerprint density at radius 3 is 2.61 bits per heavy atom. The SMILES string of the molecule is O=C(NCCC1CCN(C2COC2)CC1)OCc1ccccc1. The van der Waals surface area contributed by atoms with Crippen LogP contribution in [0.4, 0.5) is 4.79 Å². The summed E-state index contributed by atoms with van der Waals surface area (Å²) in [4.78, 5) is 14.2. The number of amides is 1. The molecule has 2 aliphatic rings. The van der Waals surface area contributed by atoms with Crippen molar-refractivity contribution < 1.29 is 14.3 Å². The molecule has 1 aromatic rings. The summed E-state index contributed by atoms with van der Waals surface area (Å²) < 4.78 is 10.5. The number of hydrogen-bond donors (Lipinski definition) is 1. The van der Waals surface area contributed by atoms with E-state index in [1.807, 2.05) is 30.3 Å². The number of rotatable bonds is 6. The molecule has 2 fully saturated rings. The van der Waals surface area contributed by atoms with Crippen LogP contribution in [0.25, 0.3) is 0 Å². The van der Waals surface area contributed by atoms with Gasteiger partial charge < -0.3 is 14.8 Å². The van der Waals surface area contributed by atoms with Gasteiger partial charge in [0.1, 0.15) is 6.61 Å². The van der Waals surface area contributed by atoms with Gasteiger partial charge in [0.25, 0.3) is 0 Å². The molecule has 126 valence electrons. The third kappa shape index (κ3) is 4.94. The molecule has 2 saturated heterocycles. The van der Waals surface area contributed by atoms with Gasteiger partial charge in [-0.3, -0.25) is 4.90 Å². The van der Waals surface area contributed by atoms with Gasteiger partial charge in [-0.2, -0.15) is 0 Å². The van der Waals surface area contributed by atoms with Gasteiger partial charge in [0.15, 0.2) is 0 Å². The van der Waals surface area contributed by atoms with Crippen LogP contribution in [0.5, 0.6) is 0 Å². The van der Waals surface area contributed by atoms with Gasteiger partial charge in [0, 0.05) is 6.54 Å². The van der Waals surface area contributed by atoms with Crippen LogP contribution in [0.1, 0.15) is 24.8 Å². The fourth-order valence-electron chi connectivity index (χ4n) is 3.19. The van der Waals surface area contributed by atoms with E-state index in [0.29, 0.717) is 25.1 Å². The topological polar surface area (TPSA) is 50.8 Å². The Bertz CT molecular complexity index is 482. The van der Waals surface area contributed by atoms with E-state index in [-0.39, 0.29) is 6.09 Å². The Hall–Kier alpha value is -1.59. The summed E-state index contributed by atoms with van der Waals surface area (Å²) in [7, 11) is 0. The third-order valence-corrected chi connectivity index (χ3v) is 4.82. The minimum Gasteiger partial charge on any atom is -0.445 e. The molecular formula is C18H26N2O3. The van der Waals surface area contributed by atoms with Crippen molar-refractivity contribution in [1.29, 1.82) is 0 Å². The van der Waals surface area contributed by atoms with Gasteiger partial charge in [-0.1, -0.05) is 30.3 Å². The minimum absolute atomic E-state index is 0.321. The molecule has 5 nitrogen and oxygen atoms in total. The predicted molar refractivity (Wildman–Crippen MR) is 88.2 cm³/mol. The highest BCUT2D eigenvalue weighted by Gasteiger charge is 2.29. The zero-order chi connectivity index (χ0) is 15.9. The number of carbonyl (C=O) groups is 1. The van der Waals surface area contributed by atoms with Crippen molar-refractivity contribution >= 4 is 6.09 Å². The number of nitrogens with zero attached hydrogens (tertiary/aromatic N) is 1. The van der Waals surface area contributed by atoms with E-state index in [1.165, 1.54) is 12.8 Å². The summed E-state index contributed by atoms with van der Waals surface area (Å²) in [6, 6.07) is 10.4. The average molecular weight is 318 g/mol. The van der Waals surface area contributed by atoms with Crippen molar-refractivity contribution in [2.75, 3.05) is 32.8 Å². The number of hydrogen-bond acceptors (Lipinski definition) is 4. The van der Waals surface area contributed by atoms with Crippen LogP contribution in [0.2, 0.25) is 0 Å². The number of benzene rings is 1. The van der Waals surface area contributed by atoms with Gasteiger partial charge in [-0.05, 0) is 43.8 Å². The van der Waals surface area contributed by atoms with Crippen molar-refractivity contribution in [1.82, 2.24) is 10.2 Å². The molecule has 1 amide bonds. The highest BCUT2D eigenvalue weighted by Crippen LogP contribution is 2.23. The lowest BCUT2D eigenvalue weighted by Crippen LogP contribution is -2.51. The maximum Gasteiger partial charge on any atom is 0.407 e. The number of ether oxygens (including phenoxy) is 2. The van der Waals surface area contributed by atoms with Crippen LogP contribution >= 0.6 is 0 Å². The normalized spacial score (nSPS) is 20.0. The van der Waals surface area contributed by atoms with E-state index in [4.69, 9.17) is 9.47 Å². The lowest BCUT2D eigenvalue weighted by atomic mass is 9.92. The van der Waals surface area contributed by atoms with Crippen molar-refractivity contribution in [2.24, 2.45) is 5.92 Å². The van der Waals surface area contributed by atoms with E-state index in [1.54, 1.807) is 0 Å². The van der Waals surface area contributed by atoms with Crippen molar-refractivity contribution in [2.45, 2.75) is 31.9 Å². The molecule has 0 saturated carbocycles. The Kier molecular flexibility index (Phi) is 5.88. The molecule has 0 radical (unpaired) electrons. The smallest absolute Gasteiger partial charge is 0.407 e. The average Bonchev–Trinajstić information content (AvgIpc) is 2.54. The molecular weight excluding hydrogens is 292 g/mol. The molecule has 0 bridgehead atoms. The first-order valence-corrected chi connectivity index (χ1v) is 8.57. The molecule has 0 unspecified atom stereocenters. The van der Waals surface area contributed by atoms with E-state index < -0.39 is 0 Å². The molecule has 0 aliphatic carbocycles. The van der Waals surface area contributed by atoms with Crippen LogP contribution < -0.4 is 5.32 Å². The van der Waals surface area contributed by atoms with E-state index in [2.05, 4.69) is 10.2 Å². The molecule has 2 aliphatic heterocycles. The van der Waals surface area contributed by atoms with Gasteiger partial charge in [-0.25, -0.2) is 4.79 Å². The quantitative estimate of drug-likeness (QED) is 0.875. The maximum absolute atomic E-state index is 11.7. The van der Waals surface area contributed by atoms with E-state index in [9.17, 15) is 4.79 Å². The highest BCUT2D eigenvalue weighted by atomic mass is 16.5. The first-order valence-electron chi connectivity index (χ1n) is 8.57. The summed E-state index contributed by atoms with van der Waals surface area (Å²) in [6.07, 6.45) is 3.15. The van der Waals surface area contributed by atoms with E-state index in [0.717, 1.165) is 38.3 Å². The first-order chi connectivity index (χ1) is 11.3. The van der Waals surface area contributed by atoms with Crippen molar-refractivity contribution in [3.8, 4) is 0 Å². The fraction of sp³-hybridized carbons (Fsp3) is 0.611. The molecule has 1 aromatic carbocycles. The van der Waals surface area contributed by atoms with Crippen molar-refractivity contribution in [3.63, 3.8) is 0 Å². The van der Waals surface area contributed by atoms with Crippen molar-refractivity contribution in [3.05, 3.63) is 35.9 Å². The summed E-state index contributed by atoms with van der Waals surface area (Å²) in [6.45, 7) is 5.16. The number of likely N-dealkylation sites (tertiary alicyclic amines) is 1. The fourth-order valence-corrected chi connectivity index (χ4v) is 3.19. The third-order valence-electron chi connectivity index (χ3n) is 4.82.